The molecule has 0 saturated carbocycles. The number of hydrogen-bond acceptors (Lipinski definition) is 8. The maximum Gasteiger partial charge on any atom is 0.230 e. The highest BCUT2D eigenvalue weighted by Gasteiger charge is 2.33. The Kier molecular flexibility index (Phi) is 6.01. The zero-order valence-electron chi connectivity index (χ0n) is 17.8. The molecule has 30 heavy (non-hydrogen) atoms. The van der Waals surface area contributed by atoms with Crippen molar-refractivity contribution in [3.63, 3.8) is 0 Å². The SMILES string of the molecule is COc1ccc([C@H](c2sc3nc(C)nn3c2O)N2CCCCCC2)c(OC)c1OC. The molecule has 0 radical (unpaired) electrons. The van der Waals surface area contributed by atoms with Crippen molar-refractivity contribution in [3.05, 3.63) is 28.4 Å². The Morgan fingerprint density at radius 1 is 1.00 bits per heavy atom. The Labute approximate surface area is 180 Å². The number of fused-ring (bicyclic) bond motifs is 1. The van der Waals surface area contributed by atoms with E-state index in [1.165, 1.54) is 28.7 Å². The molecule has 2 aromatic heterocycles. The van der Waals surface area contributed by atoms with Gasteiger partial charge in [0, 0.05) is 5.56 Å². The molecule has 9 heteroatoms. The van der Waals surface area contributed by atoms with Crippen LogP contribution in [0.1, 0.15) is 48.0 Å². The van der Waals surface area contributed by atoms with Gasteiger partial charge in [-0.3, -0.25) is 4.90 Å². The van der Waals surface area contributed by atoms with Crippen LogP contribution in [0, 0.1) is 6.92 Å². The van der Waals surface area contributed by atoms with E-state index in [1.807, 2.05) is 19.1 Å². The van der Waals surface area contributed by atoms with Gasteiger partial charge in [-0.2, -0.15) is 4.52 Å². The van der Waals surface area contributed by atoms with Crippen molar-refractivity contribution < 1.29 is 19.3 Å². The molecule has 8 nitrogen and oxygen atoms in total. The number of likely N-dealkylation sites (tertiary alicyclic amines) is 1. The number of methoxy groups -OCH3 is 3. The minimum absolute atomic E-state index is 0.127. The highest BCUT2D eigenvalue weighted by atomic mass is 32.1. The first-order valence-electron chi connectivity index (χ1n) is 10.2. The van der Waals surface area contributed by atoms with Crippen LogP contribution in [0.15, 0.2) is 12.1 Å². The predicted molar refractivity (Wildman–Crippen MR) is 115 cm³/mol. The van der Waals surface area contributed by atoms with Gasteiger partial charge >= 0.3 is 0 Å². The number of aryl methyl sites for hydroxylation is 1. The Morgan fingerprint density at radius 3 is 2.30 bits per heavy atom. The average Bonchev–Trinajstić information content (AvgIpc) is 3.11. The van der Waals surface area contributed by atoms with Crippen molar-refractivity contribution in [1.29, 1.82) is 0 Å². The molecule has 3 aromatic rings. The quantitative estimate of drug-likeness (QED) is 0.634. The lowest BCUT2D eigenvalue weighted by molar-refractivity contribution is 0.226. The minimum Gasteiger partial charge on any atom is -0.493 e. The van der Waals surface area contributed by atoms with Crippen LogP contribution < -0.4 is 14.2 Å². The molecule has 0 amide bonds. The molecule has 1 N–H and O–H groups in total. The van der Waals surface area contributed by atoms with Gasteiger partial charge < -0.3 is 19.3 Å². The van der Waals surface area contributed by atoms with E-state index in [0.29, 0.717) is 28.0 Å². The van der Waals surface area contributed by atoms with Gasteiger partial charge in [-0.15, -0.1) is 5.10 Å². The smallest absolute Gasteiger partial charge is 0.230 e. The number of nitrogens with zero attached hydrogens (tertiary/aromatic N) is 4. The Balaban J connectivity index is 1.91. The Morgan fingerprint density at radius 2 is 1.70 bits per heavy atom. The average molecular weight is 433 g/mol. The van der Waals surface area contributed by atoms with E-state index < -0.39 is 0 Å². The zero-order valence-corrected chi connectivity index (χ0v) is 18.7. The van der Waals surface area contributed by atoms with Crippen LogP contribution in [0.5, 0.6) is 23.1 Å². The number of ether oxygens (including phenoxy) is 3. The molecule has 1 atom stereocenters. The summed E-state index contributed by atoms with van der Waals surface area (Å²) in [5.41, 5.74) is 0.925. The monoisotopic (exact) mass is 432 g/mol. The van der Waals surface area contributed by atoms with Gasteiger partial charge in [-0.25, -0.2) is 4.98 Å². The second kappa shape index (κ2) is 8.69. The second-order valence-electron chi connectivity index (χ2n) is 7.42. The number of aromatic hydroxyl groups is 1. The van der Waals surface area contributed by atoms with Crippen molar-refractivity contribution in [2.45, 2.75) is 38.6 Å². The van der Waals surface area contributed by atoms with Gasteiger partial charge in [-0.05, 0) is 45.0 Å². The van der Waals surface area contributed by atoms with Crippen molar-refractivity contribution in [3.8, 4) is 23.1 Å². The van der Waals surface area contributed by atoms with Crippen LogP contribution in [0.2, 0.25) is 0 Å². The lowest BCUT2D eigenvalue weighted by atomic mass is 10.0. The van der Waals surface area contributed by atoms with Gasteiger partial charge in [0.1, 0.15) is 5.82 Å². The lowest BCUT2D eigenvalue weighted by Gasteiger charge is -2.31. The highest BCUT2D eigenvalue weighted by Crippen LogP contribution is 2.48. The molecule has 1 aliphatic rings. The first kappa shape index (κ1) is 20.7. The molecule has 0 unspecified atom stereocenters. The second-order valence-corrected chi connectivity index (χ2v) is 8.43. The molecular weight excluding hydrogens is 404 g/mol. The summed E-state index contributed by atoms with van der Waals surface area (Å²) in [6, 6.07) is 3.68. The molecule has 4 rings (SSSR count). The molecule has 1 aromatic carbocycles. The summed E-state index contributed by atoms with van der Waals surface area (Å²) < 4.78 is 18.4. The van der Waals surface area contributed by atoms with E-state index >= 15 is 0 Å². The standard InChI is InChI=1S/C21H28N4O4S/c1-13-22-21-25(23-13)20(26)19(30-21)16(24-11-7-5-6-8-12-24)14-9-10-15(27-2)18(29-4)17(14)28-3/h9-10,16,26H,5-8,11-12H2,1-4H3/t16-/m1/s1. The fourth-order valence-electron chi connectivity index (χ4n) is 4.22. The number of benzene rings is 1. The number of aromatic nitrogens is 3. The first-order chi connectivity index (χ1) is 14.6. The topological polar surface area (TPSA) is 81.4 Å². The largest absolute Gasteiger partial charge is 0.493 e. The summed E-state index contributed by atoms with van der Waals surface area (Å²) in [6.07, 6.45) is 4.67. The Bertz CT molecular complexity index is 1020. The fourth-order valence-corrected chi connectivity index (χ4v) is 5.38. The van der Waals surface area contributed by atoms with Crippen LogP contribution in [0.4, 0.5) is 0 Å². The Hall–Kier alpha value is -2.52. The molecular formula is C21H28N4O4S. The molecule has 3 heterocycles. The molecule has 0 aliphatic carbocycles. The fraction of sp³-hybridized carbons (Fsp3) is 0.524. The molecule has 1 aliphatic heterocycles. The number of rotatable bonds is 6. The van der Waals surface area contributed by atoms with Crippen LogP contribution in [0.3, 0.4) is 0 Å². The third-order valence-corrected chi connectivity index (χ3v) is 6.66. The van der Waals surface area contributed by atoms with Crippen LogP contribution in [-0.4, -0.2) is 59.0 Å². The maximum atomic E-state index is 11.1. The minimum atomic E-state index is -0.202. The van der Waals surface area contributed by atoms with Crippen LogP contribution >= 0.6 is 11.3 Å². The van der Waals surface area contributed by atoms with E-state index in [1.54, 1.807) is 21.3 Å². The zero-order chi connectivity index (χ0) is 21.3. The number of hydrogen-bond donors (Lipinski definition) is 1. The normalized spacial score (nSPS) is 16.4. The van der Waals surface area contributed by atoms with Gasteiger partial charge in [0.25, 0.3) is 0 Å². The summed E-state index contributed by atoms with van der Waals surface area (Å²) in [6.45, 7) is 3.70. The maximum absolute atomic E-state index is 11.1. The van der Waals surface area contributed by atoms with E-state index in [0.717, 1.165) is 36.4 Å². The van der Waals surface area contributed by atoms with Crippen LogP contribution in [0.25, 0.3) is 4.96 Å². The molecule has 162 valence electrons. The molecule has 1 fully saturated rings. The first-order valence-corrected chi connectivity index (χ1v) is 11.0. The molecule has 0 bridgehead atoms. The predicted octanol–water partition coefficient (Wildman–Crippen LogP) is 3.80. The highest BCUT2D eigenvalue weighted by molar-refractivity contribution is 7.17. The summed E-state index contributed by atoms with van der Waals surface area (Å²) >= 11 is 1.46. The summed E-state index contributed by atoms with van der Waals surface area (Å²) in [5, 5.41) is 15.4. The van der Waals surface area contributed by atoms with E-state index in [9.17, 15) is 5.11 Å². The summed E-state index contributed by atoms with van der Waals surface area (Å²) in [5.74, 6) is 2.53. The van der Waals surface area contributed by atoms with Crippen molar-refractivity contribution in [1.82, 2.24) is 19.5 Å². The molecule has 0 spiro atoms. The lowest BCUT2D eigenvalue weighted by Crippen LogP contribution is -2.30. The van der Waals surface area contributed by atoms with E-state index in [4.69, 9.17) is 14.2 Å². The summed E-state index contributed by atoms with van der Waals surface area (Å²) in [7, 11) is 4.85. The molecule has 1 saturated heterocycles. The van der Waals surface area contributed by atoms with Crippen molar-refractivity contribution in [2.75, 3.05) is 34.4 Å². The van der Waals surface area contributed by atoms with Crippen LogP contribution in [-0.2, 0) is 0 Å². The summed E-state index contributed by atoms with van der Waals surface area (Å²) in [4.78, 5) is 8.35. The van der Waals surface area contributed by atoms with Crippen molar-refractivity contribution in [2.24, 2.45) is 0 Å². The van der Waals surface area contributed by atoms with Crippen molar-refractivity contribution >= 4 is 16.3 Å². The third-order valence-electron chi connectivity index (χ3n) is 5.59. The van der Waals surface area contributed by atoms with Gasteiger partial charge in [0.15, 0.2) is 11.5 Å². The van der Waals surface area contributed by atoms with Gasteiger partial charge in [0.2, 0.25) is 16.6 Å². The van der Waals surface area contributed by atoms with Gasteiger partial charge in [0.05, 0.1) is 32.2 Å². The number of thiazole rings is 1. The van der Waals surface area contributed by atoms with E-state index in [-0.39, 0.29) is 11.9 Å². The van der Waals surface area contributed by atoms with E-state index in [2.05, 4.69) is 15.0 Å². The van der Waals surface area contributed by atoms with Gasteiger partial charge in [-0.1, -0.05) is 24.2 Å². The third kappa shape index (κ3) is 3.56.